The normalized spacial score (nSPS) is 24.4. The zero-order chi connectivity index (χ0) is 10.1. The molecule has 0 aliphatic heterocycles. The van der Waals surface area contributed by atoms with E-state index in [1.807, 2.05) is 0 Å². The van der Waals surface area contributed by atoms with E-state index < -0.39 is 0 Å². The molecule has 0 amide bonds. The number of carbonyl (C=O) groups excluding carboxylic acids is 1. The van der Waals surface area contributed by atoms with Crippen molar-refractivity contribution in [3.8, 4) is 0 Å². The summed E-state index contributed by atoms with van der Waals surface area (Å²) in [5.74, 6) is 0.222. The SMILES string of the molecule is C=CC(=O)C1CC1c1ccc(F)cc1. The van der Waals surface area contributed by atoms with Crippen LogP contribution in [0.15, 0.2) is 36.9 Å². The van der Waals surface area contributed by atoms with Gasteiger partial charge in [0.1, 0.15) is 5.82 Å². The van der Waals surface area contributed by atoms with Crippen molar-refractivity contribution in [2.45, 2.75) is 12.3 Å². The van der Waals surface area contributed by atoms with E-state index in [-0.39, 0.29) is 23.4 Å². The maximum absolute atomic E-state index is 12.6. The van der Waals surface area contributed by atoms with E-state index in [0.29, 0.717) is 0 Å². The number of rotatable bonds is 3. The zero-order valence-electron chi connectivity index (χ0n) is 7.74. The third-order valence-electron chi connectivity index (χ3n) is 2.66. The van der Waals surface area contributed by atoms with Gasteiger partial charge in [0.2, 0.25) is 0 Å². The average molecular weight is 190 g/mol. The Bertz CT molecular complexity index is 366. The highest BCUT2D eigenvalue weighted by Crippen LogP contribution is 2.48. The molecular weight excluding hydrogens is 179 g/mol. The van der Waals surface area contributed by atoms with Gasteiger partial charge in [-0.05, 0) is 36.1 Å². The van der Waals surface area contributed by atoms with Crippen LogP contribution in [-0.4, -0.2) is 5.78 Å². The lowest BCUT2D eigenvalue weighted by molar-refractivity contribution is -0.115. The molecule has 0 heterocycles. The first-order valence-corrected chi connectivity index (χ1v) is 4.64. The monoisotopic (exact) mass is 190 g/mol. The molecule has 1 aliphatic rings. The highest BCUT2D eigenvalue weighted by molar-refractivity contribution is 5.94. The van der Waals surface area contributed by atoms with Gasteiger partial charge < -0.3 is 0 Å². The second-order valence-corrected chi connectivity index (χ2v) is 3.61. The minimum atomic E-state index is -0.235. The number of ketones is 1. The van der Waals surface area contributed by atoms with Crippen molar-refractivity contribution in [2.24, 2.45) is 5.92 Å². The minimum Gasteiger partial charge on any atom is -0.295 e. The molecule has 1 fully saturated rings. The van der Waals surface area contributed by atoms with Gasteiger partial charge in [0, 0.05) is 5.92 Å². The second kappa shape index (κ2) is 3.37. The van der Waals surface area contributed by atoms with Crippen molar-refractivity contribution in [1.29, 1.82) is 0 Å². The van der Waals surface area contributed by atoms with E-state index in [4.69, 9.17) is 0 Å². The molecule has 0 radical (unpaired) electrons. The molecule has 0 saturated heterocycles. The predicted octanol–water partition coefficient (Wildman–Crippen LogP) is 2.68. The molecule has 2 rings (SSSR count). The van der Waals surface area contributed by atoms with Crippen LogP contribution in [-0.2, 0) is 4.79 Å². The van der Waals surface area contributed by atoms with Crippen molar-refractivity contribution < 1.29 is 9.18 Å². The summed E-state index contributed by atoms with van der Waals surface area (Å²) in [4.78, 5) is 11.2. The quantitative estimate of drug-likeness (QED) is 0.670. The fraction of sp³-hybridized carbons (Fsp3) is 0.250. The maximum atomic E-state index is 12.6. The van der Waals surface area contributed by atoms with Gasteiger partial charge in [-0.15, -0.1) is 0 Å². The molecule has 0 spiro atoms. The number of hydrogen-bond donors (Lipinski definition) is 0. The molecular formula is C12H11FO. The first-order valence-electron chi connectivity index (χ1n) is 4.64. The molecule has 0 bridgehead atoms. The molecule has 14 heavy (non-hydrogen) atoms. The summed E-state index contributed by atoms with van der Waals surface area (Å²) in [5.41, 5.74) is 1.05. The Balaban J connectivity index is 2.09. The standard InChI is InChI=1S/C12H11FO/c1-2-12(14)11-7-10(11)8-3-5-9(13)6-4-8/h2-6,10-11H,1,7H2. The minimum absolute atomic E-state index is 0.0814. The molecule has 1 nitrogen and oxygen atoms in total. The number of benzene rings is 1. The van der Waals surface area contributed by atoms with Crippen LogP contribution in [0, 0.1) is 11.7 Å². The van der Waals surface area contributed by atoms with Gasteiger partial charge in [0.25, 0.3) is 0 Å². The largest absolute Gasteiger partial charge is 0.295 e. The molecule has 0 N–H and O–H groups in total. The van der Waals surface area contributed by atoms with Crippen molar-refractivity contribution in [3.63, 3.8) is 0 Å². The summed E-state index contributed by atoms with van der Waals surface area (Å²) in [6, 6.07) is 6.36. The van der Waals surface area contributed by atoms with Crippen molar-refractivity contribution in [3.05, 3.63) is 48.3 Å². The van der Waals surface area contributed by atoms with Crippen LogP contribution in [0.1, 0.15) is 17.9 Å². The predicted molar refractivity (Wildman–Crippen MR) is 52.5 cm³/mol. The highest BCUT2D eigenvalue weighted by Gasteiger charge is 2.42. The van der Waals surface area contributed by atoms with Crippen LogP contribution in [0.2, 0.25) is 0 Å². The molecule has 2 atom stereocenters. The van der Waals surface area contributed by atoms with Crippen molar-refractivity contribution in [2.75, 3.05) is 0 Å². The number of carbonyl (C=O) groups is 1. The number of hydrogen-bond acceptors (Lipinski definition) is 1. The smallest absolute Gasteiger partial charge is 0.158 e. The van der Waals surface area contributed by atoms with Gasteiger partial charge in [0.05, 0.1) is 0 Å². The van der Waals surface area contributed by atoms with Crippen molar-refractivity contribution in [1.82, 2.24) is 0 Å². The molecule has 2 unspecified atom stereocenters. The van der Waals surface area contributed by atoms with Crippen molar-refractivity contribution >= 4 is 5.78 Å². The summed E-state index contributed by atoms with van der Waals surface area (Å²) in [6.45, 7) is 3.45. The summed E-state index contributed by atoms with van der Waals surface area (Å²) in [6.07, 6.45) is 2.24. The summed E-state index contributed by atoms with van der Waals surface area (Å²) < 4.78 is 12.6. The van der Waals surface area contributed by atoms with E-state index in [1.165, 1.54) is 18.2 Å². The maximum Gasteiger partial charge on any atom is 0.158 e. The van der Waals surface area contributed by atoms with Crippen LogP contribution >= 0.6 is 0 Å². The fourth-order valence-electron chi connectivity index (χ4n) is 1.74. The molecule has 1 aromatic rings. The molecule has 0 aromatic heterocycles. The average Bonchev–Trinajstić information content (AvgIpc) is 2.98. The molecule has 1 aliphatic carbocycles. The topological polar surface area (TPSA) is 17.1 Å². The third-order valence-corrected chi connectivity index (χ3v) is 2.66. The molecule has 2 heteroatoms. The van der Waals surface area contributed by atoms with Gasteiger partial charge in [-0.2, -0.15) is 0 Å². The lowest BCUT2D eigenvalue weighted by Gasteiger charge is -1.97. The second-order valence-electron chi connectivity index (χ2n) is 3.61. The first kappa shape index (κ1) is 9.13. The van der Waals surface area contributed by atoms with E-state index in [9.17, 15) is 9.18 Å². The number of allylic oxidation sites excluding steroid dienone is 1. The molecule has 1 saturated carbocycles. The Morgan fingerprint density at radius 1 is 1.43 bits per heavy atom. The van der Waals surface area contributed by atoms with Gasteiger partial charge >= 0.3 is 0 Å². The summed E-state index contributed by atoms with van der Waals surface area (Å²) in [7, 11) is 0. The molecule has 1 aromatic carbocycles. The fourth-order valence-corrected chi connectivity index (χ4v) is 1.74. The van der Waals surface area contributed by atoms with E-state index in [2.05, 4.69) is 6.58 Å². The van der Waals surface area contributed by atoms with Gasteiger partial charge in [-0.3, -0.25) is 4.79 Å². The number of halogens is 1. The van der Waals surface area contributed by atoms with Crippen LogP contribution < -0.4 is 0 Å². The third kappa shape index (κ3) is 1.60. The van der Waals surface area contributed by atoms with Gasteiger partial charge in [-0.1, -0.05) is 18.7 Å². The lowest BCUT2D eigenvalue weighted by atomic mass is 10.1. The van der Waals surface area contributed by atoms with Crippen LogP contribution in [0.25, 0.3) is 0 Å². The Morgan fingerprint density at radius 2 is 2.07 bits per heavy atom. The Labute approximate surface area is 82.3 Å². The Hall–Kier alpha value is -1.44. The summed E-state index contributed by atoms with van der Waals surface area (Å²) in [5, 5.41) is 0. The summed E-state index contributed by atoms with van der Waals surface area (Å²) >= 11 is 0. The Morgan fingerprint density at radius 3 is 2.64 bits per heavy atom. The highest BCUT2D eigenvalue weighted by atomic mass is 19.1. The van der Waals surface area contributed by atoms with Gasteiger partial charge in [0.15, 0.2) is 5.78 Å². The first-order chi connectivity index (χ1) is 6.72. The van der Waals surface area contributed by atoms with E-state index in [1.54, 1.807) is 12.1 Å². The molecule has 72 valence electrons. The Kier molecular flexibility index (Phi) is 2.20. The van der Waals surface area contributed by atoms with E-state index in [0.717, 1.165) is 12.0 Å². The zero-order valence-corrected chi connectivity index (χ0v) is 7.74. The van der Waals surface area contributed by atoms with Gasteiger partial charge in [-0.25, -0.2) is 4.39 Å². The van der Waals surface area contributed by atoms with Crippen LogP contribution in [0.3, 0.4) is 0 Å². The van der Waals surface area contributed by atoms with Crippen LogP contribution in [0.4, 0.5) is 4.39 Å². The van der Waals surface area contributed by atoms with Crippen LogP contribution in [0.5, 0.6) is 0 Å². The van der Waals surface area contributed by atoms with E-state index >= 15 is 0 Å². The lowest BCUT2D eigenvalue weighted by Crippen LogP contribution is -1.96.